The molecule has 0 saturated carbocycles. The standard InChI is InChI=1S/C44H32N4/c45-40(28-42(32-12-5-2-6-13-32)47-29-30-10-3-1-4-11-30)39-25-24-36(37-15-7-8-16-38(37)39)31-17-19-33(20-18-31)41-26-23-35-22-21-34-14-9-27-46-43(34)44(35)48-41/h1-10,12-30,45H,11H2/b42-28-,45-40?,47-29?. The van der Waals surface area contributed by atoms with Gasteiger partial charge in [0.2, 0.25) is 0 Å². The summed E-state index contributed by atoms with van der Waals surface area (Å²) in [4.78, 5) is 14.5. The molecule has 7 aromatic rings. The quantitative estimate of drug-likeness (QED) is 0.143. The maximum absolute atomic E-state index is 9.23. The van der Waals surface area contributed by atoms with Gasteiger partial charge in [-0.1, -0.05) is 140 Å². The number of rotatable bonds is 7. The molecule has 2 heterocycles. The highest BCUT2D eigenvalue weighted by molar-refractivity contribution is 6.19. The lowest BCUT2D eigenvalue weighted by Crippen LogP contribution is -2.01. The summed E-state index contributed by atoms with van der Waals surface area (Å²) in [5, 5.41) is 13.5. The summed E-state index contributed by atoms with van der Waals surface area (Å²) in [5.74, 6) is 0.247. The van der Waals surface area contributed by atoms with E-state index in [4.69, 9.17) is 9.98 Å². The second-order valence-corrected chi connectivity index (χ2v) is 12.0. The Kier molecular flexibility index (Phi) is 7.81. The summed E-state index contributed by atoms with van der Waals surface area (Å²) < 4.78 is 0. The highest BCUT2D eigenvalue weighted by Crippen LogP contribution is 2.34. The van der Waals surface area contributed by atoms with Crippen LogP contribution in [0.2, 0.25) is 0 Å². The zero-order valence-corrected chi connectivity index (χ0v) is 26.3. The zero-order valence-electron chi connectivity index (χ0n) is 26.3. The number of allylic oxidation sites excluding steroid dienone is 5. The smallest absolute Gasteiger partial charge is 0.0972 e. The third kappa shape index (κ3) is 5.76. The predicted molar refractivity (Wildman–Crippen MR) is 202 cm³/mol. The van der Waals surface area contributed by atoms with Gasteiger partial charge in [-0.3, -0.25) is 9.98 Å². The van der Waals surface area contributed by atoms with Gasteiger partial charge in [0, 0.05) is 45.8 Å². The van der Waals surface area contributed by atoms with Crippen molar-refractivity contribution in [2.45, 2.75) is 6.42 Å². The van der Waals surface area contributed by atoms with Crippen LogP contribution in [-0.2, 0) is 0 Å². The summed E-state index contributed by atoms with van der Waals surface area (Å²) >= 11 is 0. The van der Waals surface area contributed by atoms with Gasteiger partial charge in [-0.25, -0.2) is 4.98 Å². The average Bonchev–Trinajstić information content (AvgIpc) is 3.16. The Bertz CT molecular complexity index is 2430. The van der Waals surface area contributed by atoms with Crippen LogP contribution in [0.3, 0.4) is 0 Å². The first-order valence-electron chi connectivity index (χ1n) is 16.2. The van der Waals surface area contributed by atoms with Gasteiger partial charge in [0.15, 0.2) is 0 Å². The first kappa shape index (κ1) is 29.2. The highest BCUT2D eigenvalue weighted by Gasteiger charge is 2.13. The molecule has 8 rings (SSSR count). The summed E-state index contributed by atoms with van der Waals surface area (Å²) in [6.45, 7) is 0. The van der Waals surface area contributed by atoms with E-state index in [2.05, 4.69) is 114 Å². The van der Waals surface area contributed by atoms with E-state index in [1.807, 2.05) is 61.0 Å². The number of aliphatic imine (C=N–C) groups is 1. The number of nitrogens with one attached hydrogen (secondary N) is 1. The summed E-state index contributed by atoms with van der Waals surface area (Å²) in [6, 6.07) is 43.7. The number of hydrogen-bond donors (Lipinski definition) is 1. The Morgan fingerprint density at radius 1 is 0.688 bits per heavy atom. The van der Waals surface area contributed by atoms with E-state index in [1.165, 1.54) is 0 Å². The maximum atomic E-state index is 9.23. The predicted octanol–water partition coefficient (Wildman–Crippen LogP) is 10.9. The van der Waals surface area contributed by atoms with Gasteiger partial charge >= 0.3 is 0 Å². The van der Waals surface area contributed by atoms with Crippen molar-refractivity contribution in [1.29, 1.82) is 5.41 Å². The molecule has 0 bridgehead atoms. The second-order valence-electron chi connectivity index (χ2n) is 12.0. The van der Waals surface area contributed by atoms with Crippen LogP contribution < -0.4 is 0 Å². The fourth-order valence-electron chi connectivity index (χ4n) is 6.40. The van der Waals surface area contributed by atoms with Crippen molar-refractivity contribution in [3.8, 4) is 22.4 Å². The van der Waals surface area contributed by atoms with E-state index >= 15 is 0 Å². The summed E-state index contributed by atoms with van der Waals surface area (Å²) in [7, 11) is 0. The van der Waals surface area contributed by atoms with Crippen LogP contribution in [0.1, 0.15) is 17.5 Å². The van der Waals surface area contributed by atoms with Gasteiger partial charge in [0.1, 0.15) is 0 Å². The molecule has 0 radical (unpaired) electrons. The van der Waals surface area contributed by atoms with Gasteiger partial charge in [-0.15, -0.1) is 0 Å². The summed E-state index contributed by atoms with van der Waals surface area (Å²) in [5.41, 5.74) is 9.09. The molecular formula is C44H32N4. The molecule has 2 aromatic heterocycles. The SMILES string of the molecule is N=C(/C=C(\N=CC1C=CC=CC1)c1ccccc1)c1ccc(-c2ccc(-c3ccc4ccc5cccnc5c4n3)cc2)c2ccccc12. The third-order valence-electron chi connectivity index (χ3n) is 8.91. The normalized spacial score (nSPS) is 14.8. The fourth-order valence-corrected chi connectivity index (χ4v) is 6.40. The van der Waals surface area contributed by atoms with Crippen LogP contribution in [0.4, 0.5) is 0 Å². The van der Waals surface area contributed by atoms with Crippen molar-refractivity contribution < 1.29 is 0 Å². The van der Waals surface area contributed by atoms with Gasteiger partial charge < -0.3 is 5.41 Å². The Morgan fingerprint density at radius 3 is 2.25 bits per heavy atom. The van der Waals surface area contributed by atoms with E-state index in [1.54, 1.807) is 0 Å². The molecule has 1 unspecified atom stereocenters. The maximum Gasteiger partial charge on any atom is 0.0972 e. The Labute approximate surface area is 279 Å². The molecule has 4 heteroatoms. The molecule has 0 aliphatic heterocycles. The van der Waals surface area contributed by atoms with Crippen LogP contribution in [0.15, 0.2) is 169 Å². The van der Waals surface area contributed by atoms with Gasteiger partial charge in [-0.2, -0.15) is 0 Å². The van der Waals surface area contributed by atoms with Crippen molar-refractivity contribution in [2.24, 2.45) is 10.9 Å². The number of fused-ring (bicyclic) bond motifs is 4. The number of benzene rings is 5. The average molecular weight is 617 g/mol. The molecule has 0 fully saturated rings. The zero-order chi connectivity index (χ0) is 32.3. The van der Waals surface area contributed by atoms with Gasteiger partial charge in [0.05, 0.1) is 28.1 Å². The van der Waals surface area contributed by atoms with Crippen molar-refractivity contribution in [3.63, 3.8) is 0 Å². The first-order chi connectivity index (χ1) is 23.7. The van der Waals surface area contributed by atoms with E-state index in [9.17, 15) is 5.41 Å². The second kappa shape index (κ2) is 12.9. The number of hydrogen-bond acceptors (Lipinski definition) is 4. The topological polar surface area (TPSA) is 62.0 Å². The lowest BCUT2D eigenvalue weighted by atomic mass is 9.92. The van der Waals surface area contributed by atoms with Crippen molar-refractivity contribution in [2.75, 3.05) is 0 Å². The molecule has 0 saturated heterocycles. The number of nitrogens with zero attached hydrogens (tertiary/aromatic N) is 3. The van der Waals surface area contributed by atoms with Crippen LogP contribution in [0.5, 0.6) is 0 Å². The molecule has 5 aromatic carbocycles. The van der Waals surface area contributed by atoms with Crippen LogP contribution in [0.25, 0.3) is 60.7 Å². The Hall–Kier alpha value is -6.26. The summed E-state index contributed by atoms with van der Waals surface area (Å²) in [6.07, 6.45) is 15.1. The highest BCUT2D eigenvalue weighted by atomic mass is 14.8. The minimum atomic E-state index is 0.247. The Morgan fingerprint density at radius 2 is 1.44 bits per heavy atom. The lowest BCUT2D eigenvalue weighted by molar-refractivity contribution is 0.888. The molecule has 1 aliphatic carbocycles. The van der Waals surface area contributed by atoms with Crippen LogP contribution in [0, 0.1) is 11.3 Å². The number of aromatic nitrogens is 2. The van der Waals surface area contributed by atoms with Gasteiger partial charge in [0.25, 0.3) is 0 Å². The molecule has 228 valence electrons. The van der Waals surface area contributed by atoms with Crippen LogP contribution in [-0.4, -0.2) is 21.9 Å². The minimum Gasteiger partial charge on any atom is -0.300 e. The molecule has 1 aliphatic rings. The van der Waals surface area contributed by atoms with E-state index in [-0.39, 0.29) is 5.92 Å². The third-order valence-corrected chi connectivity index (χ3v) is 8.91. The molecule has 1 atom stereocenters. The lowest BCUT2D eigenvalue weighted by Gasteiger charge is -2.13. The molecule has 4 nitrogen and oxygen atoms in total. The Balaban J connectivity index is 1.13. The largest absolute Gasteiger partial charge is 0.300 e. The molecule has 0 amide bonds. The van der Waals surface area contributed by atoms with Gasteiger partial charge in [-0.05, 0) is 46.5 Å². The molecule has 48 heavy (non-hydrogen) atoms. The molecule has 0 spiro atoms. The van der Waals surface area contributed by atoms with Crippen LogP contribution >= 0.6 is 0 Å². The van der Waals surface area contributed by atoms with Crippen molar-refractivity contribution in [3.05, 3.63) is 175 Å². The molecule has 1 N–H and O–H groups in total. The number of pyridine rings is 2. The molecular weight excluding hydrogens is 585 g/mol. The van der Waals surface area contributed by atoms with E-state index in [0.29, 0.717) is 5.71 Å². The van der Waals surface area contributed by atoms with Crippen molar-refractivity contribution in [1.82, 2.24) is 9.97 Å². The first-order valence-corrected chi connectivity index (χ1v) is 16.2. The fraction of sp³-hybridized carbons (Fsp3) is 0.0455. The monoisotopic (exact) mass is 616 g/mol. The minimum absolute atomic E-state index is 0.247. The van der Waals surface area contributed by atoms with E-state index in [0.717, 1.165) is 78.2 Å². The van der Waals surface area contributed by atoms with Crippen molar-refractivity contribution >= 4 is 50.2 Å². The van der Waals surface area contributed by atoms with E-state index < -0.39 is 0 Å².